The second kappa shape index (κ2) is 13.2. The fourth-order valence-electron chi connectivity index (χ4n) is 8.57. The molecule has 262 valence electrons. The Kier molecular flexibility index (Phi) is 7.53. The van der Waals surface area contributed by atoms with Crippen LogP contribution >= 0.6 is 0 Å². The van der Waals surface area contributed by atoms with Gasteiger partial charge in [-0.05, 0) is 115 Å². The molecule has 0 radical (unpaired) electrons. The van der Waals surface area contributed by atoms with Crippen molar-refractivity contribution >= 4 is 71.3 Å². The lowest BCUT2D eigenvalue weighted by molar-refractivity contribution is 0.672. The fraction of sp³-hybridized carbons (Fsp3) is 0. The molecule has 10 aromatic carbocycles. The molecule has 0 N–H and O–H groups in total. The maximum Gasteiger partial charge on any atom is 0.143 e. The third-order valence-corrected chi connectivity index (χ3v) is 11.2. The number of fused-ring (bicyclic) bond motifs is 8. The summed E-state index contributed by atoms with van der Waals surface area (Å²) in [5.41, 5.74) is 12.2. The molecule has 56 heavy (non-hydrogen) atoms. The lowest BCUT2D eigenvalue weighted by atomic mass is 9.89. The van der Waals surface area contributed by atoms with Crippen LogP contribution in [0.5, 0.6) is 0 Å². The van der Waals surface area contributed by atoms with E-state index < -0.39 is 0 Å². The summed E-state index contributed by atoms with van der Waals surface area (Å²) in [4.78, 5) is 2.37. The molecule has 0 fully saturated rings. The zero-order chi connectivity index (χ0) is 37.0. The van der Waals surface area contributed by atoms with E-state index in [1.54, 1.807) is 0 Å². The van der Waals surface area contributed by atoms with E-state index >= 15 is 0 Å². The van der Waals surface area contributed by atoms with Crippen LogP contribution in [-0.2, 0) is 0 Å². The van der Waals surface area contributed by atoms with Gasteiger partial charge >= 0.3 is 0 Å². The highest BCUT2D eigenvalue weighted by Gasteiger charge is 2.18. The van der Waals surface area contributed by atoms with Crippen molar-refractivity contribution < 1.29 is 4.42 Å². The molecule has 1 aromatic heterocycles. The molecule has 0 saturated carbocycles. The van der Waals surface area contributed by atoms with Gasteiger partial charge in [-0.25, -0.2) is 0 Å². The minimum Gasteiger partial charge on any atom is -0.455 e. The van der Waals surface area contributed by atoms with E-state index in [1.807, 2.05) is 6.07 Å². The van der Waals surface area contributed by atoms with Crippen molar-refractivity contribution in [2.45, 2.75) is 0 Å². The lowest BCUT2D eigenvalue weighted by Crippen LogP contribution is -2.10. The first kappa shape index (κ1) is 32.0. The van der Waals surface area contributed by atoms with E-state index in [0.717, 1.165) is 55.3 Å². The van der Waals surface area contributed by atoms with E-state index in [-0.39, 0.29) is 0 Å². The van der Waals surface area contributed by atoms with Crippen LogP contribution in [0.1, 0.15) is 0 Å². The summed E-state index contributed by atoms with van der Waals surface area (Å²) in [6.45, 7) is 0. The Morgan fingerprint density at radius 2 is 0.911 bits per heavy atom. The van der Waals surface area contributed by atoms with Crippen molar-refractivity contribution in [3.63, 3.8) is 0 Å². The summed E-state index contributed by atoms with van der Waals surface area (Å²) >= 11 is 0. The second-order valence-corrected chi connectivity index (χ2v) is 14.5. The van der Waals surface area contributed by atoms with Gasteiger partial charge in [-0.15, -0.1) is 0 Å². The Labute approximate surface area is 325 Å². The van der Waals surface area contributed by atoms with Crippen molar-refractivity contribution in [3.05, 3.63) is 212 Å². The van der Waals surface area contributed by atoms with Crippen LogP contribution in [0.3, 0.4) is 0 Å². The highest BCUT2D eigenvalue weighted by Crippen LogP contribution is 2.44. The van der Waals surface area contributed by atoms with E-state index in [9.17, 15) is 0 Å². The largest absolute Gasteiger partial charge is 0.455 e. The Bertz CT molecular complexity index is 3250. The summed E-state index contributed by atoms with van der Waals surface area (Å²) in [5, 5.41) is 9.53. The number of hydrogen-bond acceptors (Lipinski definition) is 2. The van der Waals surface area contributed by atoms with E-state index in [0.29, 0.717) is 0 Å². The Hall–Kier alpha value is -7.42. The summed E-state index contributed by atoms with van der Waals surface area (Å²) in [6.07, 6.45) is 0. The number of furan rings is 1. The number of benzene rings is 10. The standard InChI is InChI=1S/C54H35NO/c1-2-13-36(14-3-1)37-25-29-41(30-26-37)55(43-31-27-38-28-32-50-49-23-10-11-24-53(49)56-54(50)51(38)35-43)42-17-12-16-39(33-42)44-19-6-7-21-47(44)52-34-40-15-4-5-18-45(40)46-20-8-9-22-48(46)52/h1-35H. The molecule has 0 bridgehead atoms. The fourth-order valence-corrected chi connectivity index (χ4v) is 8.57. The molecule has 2 heteroatoms. The van der Waals surface area contributed by atoms with Crippen LogP contribution in [0.15, 0.2) is 217 Å². The van der Waals surface area contributed by atoms with Crippen molar-refractivity contribution in [1.29, 1.82) is 0 Å². The highest BCUT2D eigenvalue weighted by molar-refractivity contribution is 6.16. The molecule has 0 aliphatic rings. The Morgan fingerprint density at radius 1 is 0.286 bits per heavy atom. The average Bonchev–Trinajstić information content (AvgIpc) is 3.66. The van der Waals surface area contributed by atoms with Gasteiger partial charge in [0.05, 0.1) is 0 Å². The van der Waals surface area contributed by atoms with Crippen molar-refractivity contribution in [3.8, 4) is 33.4 Å². The van der Waals surface area contributed by atoms with Crippen LogP contribution in [0.25, 0.3) is 87.6 Å². The predicted molar refractivity (Wildman–Crippen MR) is 237 cm³/mol. The Morgan fingerprint density at radius 3 is 1.77 bits per heavy atom. The molecular formula is C54H35NO. The molecule has 0 spiro atoms. The van der Waals surface area contributed by atoms with Gasteiger partial charge in [-0.3, -0.25) is 0 Å². The van der Waals surface area contributed by atoms with Crippen LogP contribution < -0.4 is 4.90 Å². The van der Waals surface area contributed by atoms with Crippen molar-refractivity contribution in [2.24, 2.45) is 0 Å². The van der Waals surface area contributed by atoms with Crippen LogP contribution in [0.2, 0.25) is 0 Å². The van der Waals surface area contributed by atoms with Crippen molar-refractivity contribution in [2.75, 3.05) is 4.90 Å². The van der Waals surface area contributed by atoms with Crippen molar-refractivity contribution in [1.82, 2.24) is 0 Å². The molecule has 1 heterocycles. The average molecular weight is 714 g/mol. The molecule has 0 aliphatic heterocycles. The second-order valence-electron chi connectivity index (χ2n) is 14.5. The van der Waals surface area contributed by atoms with Gasteiger partial charge < -0.3 is 9.32 Å². The third-order valence-electron chi connectivity index (χ3n) is 11.2. The zero-order valence-corrected chi connectivity index (χ0v) is 30.6. The maximum absolute atomic E-state index is 6.55. The normalized spacial score (nSPS) is 11.6. The van der Waals surface area contributed by atoms with Gasteiger partial charge in [-0.2, -0.15) is 0 Å². The number of para-hydroxylation sites is 1. The number of anilines is 3. The minimum absolute atomic E-state index is 0.902. The van der Waals surface area contributed by atoms with E-state index in [1.165, 1.54) is 49.4 Å². The molecule has 0 aliphatic carbocycles. The van der Waals surface area contributed by atoms with Gasteiger partial charge in [0.2, 0.25) is 0 Å². The molecule has 0 atom stereocenters. The molecule has 2 nitrogen and oxygen atoms in total. The van der Waals surface area contributed by atoms with Gasteiger partial charge in [0, 0.05) is 33.2 Å². The number of hydrogen-bond donors (Lipinski definition) is 0. The third kappa shape index (κ3) is 5.34. The zero-order valence-electron chi connectivity index (χ0n) is 30.6. The van der Waals surface area contributed by atoms with Crippen LogP contribution in [0, 0.1) is 0 Å². The maximum atomic E-state index is 6.55. The van der Waals surface area contributed by atoms with E-state index in [4.69, 9.17) is 4.42 Å². The SMILES string of the molecule is c1ccc(-c2ccc(N(c3cccc(-c4ccccc4-c4cc5ccccc5c5ccccc45)c3)c3ccc4ccc5c6ccccc6oc5c4c3)cc2)cc1. The molecule has 0 amide bonds. The lowest BCUT2D eigenvalue weighted by Gasteiger charge is -2.27. The predicted octanol–water partition coefficient (Wildman–Crippen LogP) is 15.5. The topological polar surface area (TPSA) is 16.4 Å². The van der Waals surface area contributed by atoms with Gasteiger partial charge in [-0.1, -0.05) is 158 Å². The number of nitrogens with zero attached hydrogens (tertiary/aromatic N) is 1. The molecular weight excluding hydrogens is 679 g/mol. The monoisotopic (exact) mass is 713 g/mol. The first-order chi connectivity index (χ1) is 27.8. The summed E-state index contributed by atoms with van der Waals surface area (Å²) < 4.78 is 6.55. The smallest absolute Gasteiger partial charge is 0.143 e. The number of rotatable bonds is 6. The Balaban J connectivity index is 1.10. The summed E-state index contributed by atoms with van der Waals surface area (Å²) in [5.74, 6) is 0. The molecule has 0 unspecified atom stereocenters. The van der Waals surface area contributed by atoms with Crippen LogP contribution in [-0.4, -0.2) is 0 Å². The van der Waals surface area contributed by atoms with Gasteiger partial charge in [0.25, 0.3) is 0 Å². The highest BCUT2D eigenvalue weighted by atomic mass is 16.3. The quantitative estimate of drug-likeness (QED) is 0.160. The molecule has 0 saturated heterocycles. The minimum atomic E-state index is 0.902. The molecule has 11 rings (SSSR count). The summed E-state index contributed by atoms with van der Waals surface area (Å²) in [7, 11) is 0. The first-order valence-corrected chi connectivity index (χ1v) is 19.2. The van der Waals surface area contributed by atoms with Gasteiger partial charge in [0.1, 0.15) is 11.2 Å². The summed E-state index contributed by atoms with van der Waals surface area (Å²) in [6, 6.07) is 76.5. The van der Waals surface area contributed by atoms with Gasteiger partial charge in [0.15, 0.2) is 0 Å². The van der Waals surface area contributed by atoms with E-state index in [2.05, 4.69) is 211 Å². The van der Waals surface area contributed by atoms with Crippen LogP contribution in [0.4, 0.5) is 17.1 Å². The molecule has 11 aromatic rings. The first-order valence-electron chi connectivity index (χ1n) is 19.2.